The molecule has 2 heteroatoms. The molecule has 0 aromatic carbocycles. The maximum Gasteiger partial charge on any atom is 0.0465 e. The third-order valence-electron chi connectivity index (χ3n) is 3.89. The van der Waals surface area contributed by atoms with Gasteiger partial charge >= 0.3 is 0 Å². The lowest BCUT2D eigenvalue weighted by Crippen LogP contribution is -2.29. The number of hydrogen-bond acceptors (Lipinski definition) is 2. The Morgan fingerprint density at radius 2 is 1.88 bits per heavy atom. The van der Waals surface area contributed by atoms with Crippen LogP contribution in [-0.2, 0) is 5.41 Å². The summed E-state index contributed by atoms with van der Waals surface area (Å²) in [6.07, 6.45) is 10.9. The van der Waals surface area contributed by atoms with E-state index in [1.165, 1.54) is 44.2 Å². The topological polar surface area (TPSA) is 38.9 Å². The van der Waals surface area contributed by atoms with E-state index in [0.717, 1.165) is 13.0 Å². The van der Waals surface area contributed by atoms with Crippen molar-refractivity contribution < 1.29 is 0 Å². The second kappa shape index (κ2) is 5.44. The van der Waals surface area contributed by atoms with Crippen LogP contribution in [0.4, 0.5) is 0 Å². The fourth-order valence-electron chi connectivity index (χ4n) is 2.99. The fourth-order valence-corrected chi connectivity index (χ4v) is 2.99. The second-order valence-electron chi connectivity index (χ2n) is 4.95. The fraction of sp³-hybridized carbons (Fsp3) is 0.643. The maximum atomic E-state index is 5.81. The van der Waals surface area contributed by atoms with Crippen LogP contribution in [0.2, 0.25) is 0 Å². The van der Waals surface area contributed by atoms with Gasteiger partial charge in [-0.15, -0.1) is 0 Å². The van der Waals surface area contributed by atoms with Gasteiger partial charge in [0.1, 0.15) is 0 Å². The molecule has 2 N–H and O–H groups in total. The van der Waals surface area contributed by atoms with Gasteiger partial charge in [-0.25, -0.2) is 0 Å². The number of rotatable bonds is 3. The molecule has 1 fully saturated rings. The highest BCUT2D eigenvalue weighted by molar-refractivity contribution is 5.17. The first-order valence-corrected chi connectivity index (χ1v) is 6.49. The minimum Gasteiger partial charge on any atom is -0.330 e. The van der Waals surface area contributed by atoms with E-state index >= 15 is 0 Å². The summed E-state index contributed by atoms with van der Waals surface area (Å²) in [4.78, 5) is 4.58. The summed E-state index contributed by atoms with van der Waals surface area (Å²) in [6.45, 7) is 0.774. The molecule has 0 amide bonds. The van der Waals surface area contributed by atoms with Crippen LogP contribution in [0.5, 0.6) is 0 Å². The number of hydrogen-bond donors (Lipinski definition) is 1. The van der Waals surface area contributed by atoms with E-state index in [1.807, 2.05) is 12.3 Å². The Bertz CT molecular complexity index is 300. The van der Waals surface area contributed by atoms with Crippen molar-refractivity contribution >= 4 is 0 Å². The minimum atomic E-state index is 0.270. The average molecular weight is 218 g/mol. The van der Waals surface area contributed by atoms with Gasteiger partial charge in [0.15, 0.2) is 0 Å². The quantitative estimate of drug-likeness (QED) is 0.792. The third-order valence-corrected chi connectivity index (χ3v) is 3.89. The molecule has 1 heterocycles. The predicted molar refractivity (Wildman–Crippen MR) is 67.3 cm³/mol. The molecule has 0 aliphatic heterocycles. The van der Waals surface area contributed by atoms with Crippen molar-refractivity contribution in [2.24, 2.45) is 5.73 Å². The molecule has 0 unspecified atom stereocenters. The van der Waals surface area contributed by atoms with Crippen LogP contribution < -0.4 is 5.73 Å². The van der Waals surface area contributed by atoms with Crippen LogP contribution in [0.1, 0.15) is 50.6 Å². The third kappa shape index (κ3) is 2.43. The molecule has 1 aliphatic carbocycles. The van der Waals surface area contributed by atoms with Crippen molar-refractivity contribution in [3.05, 3.63) is 30.1 Å². The average Bonchev–Trinajstić information content (AvgIpc) is 2.57. The van der Waals surface area contributed by atoms with E-state index in [4.69, 9.17) is 5.73 Å². The first-order valence-electron chi connectivity index (χ1n) is 6.49. The monoisotopic (exact) mass is 218 g/mol. The molecule has 88 valence electrons. The highest BCUT2D eigenvalue weighted by Crippen LogP contribution is 2.39. The van der Waals surface area contributed by atoms with Crippen LogP contribution in [-0.4, -0.2) is 11.5 Å². The molecule has 0 saturated heterocycles. The first kappa shape index (κ1) is 11.6. The van der Waals surface area contributed by atoms with Crippen molar-refractivity contribution in [3.63, 3.8) is 0 Å². The Balaban J connectivity index is 2.26. The SMILES string of the molecule is NCCC1(c2ccccn2)CCCCCC1. The molecule has 1 aliphatic rings. The van der Waals surface area contributed by atoms with E-state index in [0.29, 0.717) is 0 Å². The molecule has 1 aromatic heterocycles. The van der Waals surface area contributed by atoms with Crippen LogP contribution in [0.15, 0.2) is 24.4 Å². The van der Waals surface area contributed by atoms with Gasteiger partial charge < -0.3 is 5.73 Å². The van der Waals surface area contributed by atoms with Crippen LogP contribution in [0.3, 0.4) is 0 Å². The molecule has 0 radical (unpaired) electrons. The van der Waals surface area contributed by atoms with Crippen molar-refractivity contribution in [2.45, 2.75) is 50.4 Å². The van der Waals surface area contributed by atoms with Gasteiger partial charge in [0.25, 0.3) is 0 Å². The lowest BCUT2D eigenvalue weighted by Gasteiger charge is -2.32. The van der Waals surface area contributed by atoms with Crippen molar-refractivity contribution in [3.8, 4) is 0 Å². The van der Waals surface area contributed by atoms with Gasteiger partial charge in [0.2, 0.25) is 0 Å². The molecule has 0 spiro atoms. The van der Waals surface area contributed by atoms with Gasteiger partial charge in [-0.2, -0.15) is 0 Å². The van der Waals surface area contributed by atoms with E-state index < -0.39 is 0 Å². The highest BCUT2D eigenvalue weighted by Gasteiger charge is 2.32. The Hall–Kier alpha value is -0.890. The van der Waals surface area contributed by atoms with E-state index in [1.54, 1.807) is 0 Å². The van der Waals surface area contributed by atoms with Gasteiger partial charge in [-0.3, -0.25) is 4.98 Å². The smallest absolute Gasteiger partial charge is 0.0465 e. The van der Waals surface area contributed by atoms with Gasteiger partial charge in [-0.1, -0.05) is 31.7 Å². The lowest BCUT2D eigenvalue weighted by atomic mass is 9.74. The Kier molecular flexibility index (Phi) is 3.94. The normalized spacial score (nSPS) is 20.3. The summed E-state index contributed by atoms with van der Waals surface area (Å²) < 4.78 is 0. The van der Waals surface area contributed by atoms with Crippen LogP contribution in [0.25, 0.3) is 0 Å². The summed E-state index contributed by atoms with van der Waals surface area (Å²) in [5, 5.41) is 0. The number of pyridine rings is 1. The summed E-state index contributed by atoms with van der Waals surface area (Å²) >= 11 is 0. The highest BCUT2D eigenvalue weighted by atomic mass is 14.7. The molecular formula is C14H22N2. The molecule has 1 saturated carbocycles. The Morgan fingerprint density at radius 1 is 1.12 bits per heavy atom. The zero-order valence-electron chi connectivity index (χ0n) is 9.99. The lowest BCUT2D eigenvalue weighted by molar-refractivity contribution is 0.339. The van der Waals surface area contributed by atoms with E-state index in [-0.39, 0.29) is 5.41 Å². The zero-order chi connectivity index (χ0) is 11.3. The number of nitrogens with two attached hydrogens (primary N) is 1. The second-order valence-corrected chi connectivity index (χ2v) is 4.95. The molecule has 2 nitrogen and oxygen atoms in total. The van der Waals surface area contributed by atoms with Crippen LogP contribution in [0, 0.1) is 0 Å². The summed E-state index contributed by atoms with van der Waals surface area (Å²) in [6, 6.07) is 6.28. The largest absolute Gasteiger partial charge is 0.330 e. The summed E-state index contributed by atoms with van der Waals surface area (Å²) in [5.74, 6) is 0. The summed E-state index contributed by atoms with van der Waals surface area (Å²) in [7, 11) is 0. The molecule has 16 heavy (non-hydrogen) atoms. The predicted octanol–water partition coefficient (Wildman–Crippen LogP) is 3.02. The number of aromatic nitrogens is 1. The van der Waals surface area contributed by atoms with Gasteiger partial charge in [0, 0.05) is 17.3 Å². The van der Waals surface area contributed by atoms with E-state index in [2.05, 4.69) is 17.1 Å². The van der Waals surface area contributed by atoms with Crippen molar-refractivity contribution in [2.75, 3.05) is 6.54 Å². The molecule has 2 rings (SSSR count). The minimum absolute atomic E-state index is 0.270. The zero-order valence-corrected chi connectivity index (χ0v) is 9.99. The Morgan fingerprint density at radius 3 is 2.44 bits per heavy atom. The standard InChI is InChI=1S/C14H22N2/c15-11-10-14(8-4-1-2-5-9-14)13-7-3-6-12-16-13/h3,6-7,12H,1-2,4-5,8-11,15H2. The van der Waals surface area contributed by atoms with Gasteiger partial charge in [-0.05, 0) is 37.9 Å². The molecule has 0 atom stereocenters. The van der Waals surface area contributed by atoms with Crippen molar-refractivity contribution in [1.82, 2.24) is 4.98 Å². The van der Waals surface area contributed by atoms with Crippen molar-refractivity contribution in [1.29, 1.82) is 0 Å². The van der Waals surface area contributed by atoms with E-state index in [9.17, 15) is 0 Å². The van der Waals surface area contributed by atoms with Gasteiger partial charge in [0.05, 0.1) is 0 Å². The Labute approximate surface area is 98.3 Å². The maximum absolute atomic E-state index is 5.81. The van der Waals surface area contributed by atoms with Crippen LogP contribution >= 0.6 is 0 Å². The molecule has 0 bridgehead atoms. The number of nitrogens with zero attached hydrogens (tertiary/aromatic N) is 1. The first-order chi connectivity index (χ1) is 7.87. The summed E-state index contributed by atoms with van der Waals surface area (Å²) in [5.41, 5.74) is 7.34. The molecule has 1 aromatic rings. The molecular weight excluding hydrogens is 196 g/mol.